The molecular weight excluding hydrogens is 607 g/mol. The molecule has 1 saturated heterocycles. The van der Waals surface area contributed by atoms with E-state index in [-0.39, 0.29) is 65.1 Å². The van der Waals surface area contributed by atoms with Crippen molar-refractivity contribution in [2.45, 2.75) is 37.6 Å². The molecule has 4 aromatic rings. The number of halogens is 5. The average molecular weight is 641 g/mol. The first-order chi connectivity index (χ1) is 21.9. The minimum absolute atomic E-state index is 0.0252. The number of aryl methyl sites for hydroxylation is 1. The highest BCUT2D eigenvalue weighted by molar-refractivity contribution is 6.04. The SMILES string of the molecule is CN(C)C(=O)c1cc2c(-c3cc(F)c([C@H]4CCNCC4(F)F)cc3F)cc(C3=CCCN(C(=O)CCn4cccn4)C3)c(F)c2[nH]1. The molecule has 6 rings (SSSR count). The van der Waals surface area contributed by atoms with Crippen molar-refractivity contribution in [1.29, 1.82) is 0 Å². The Kier molecular flexibility index (Phi) is 8.45. The third kappa shape index (κ3) is 5.91. The topological polar surface area (TPSA) is 86.3 Å². The van der Waals surface area contributed by atoms with E-state index in [1.807, 2.05) is 0 Å². The van der Waals surface area contributed by atoms with Crippen LogP contribution in [0.1, 0.15) is 46.8 Å². The van der Waals surface area contributed by atoms with Crippen LogP contribution in [0.25, 0.3) is 27.6 Å². The van der Waals surface area contributed by atoms with Crippen molar-refractivity contribution < 1.29 is 31.5 Å². The number of aromatic nitrogens is 3. The van der Waals surface area contributed by atoms with Crippen molar-refractivity contribution in [3.63, 3.8) is 0 Å². The van der Waals surface area contributed by atoms with Gasteiger partial charge in [-0.2, -0.15) is 5.10 Å². The molecule has 2 aromatic carbocycles. The first-order valence-corrected chi connectivity index (χ1v) is 15.0. The van der Waals surface area contributed by atoms with Crippen LogP contribution < -0.4 is 5.32 Å². The highest BCUT2D eigenvalue weighted by Crippen LogP contribution is 2.43. The number of alkyl halides is 2. The predicted octanol–water partition coefficient (Wildman–Crippen LogP) is 5.57. The maximum absolute atomic E-state index is 16.3. The zero-order chi connectivity index (χ0) is 32.7. The van der Waals surface area contributed by atoms with Gasteiger partial charge in [-0.05, 0) is 66.4 Å². The van der Waals surface area contributed by atoms with Gasteiger partial charge in [-0.15, -0.1) is 0 Å². The highest BCUT2D eigenvalue weighted by Gasteiger charge is 2.44. The Morgan fingerprint density at radius 1 is 1.07 bits per heavy atom. The van der Waals surface area contributed by atoms with Gasteiger partial charge in [0.05, 0.1) is 18.0 Å². The molecule has 2 N–H and O–H groups in total. The van der Waals surface area contributed by atoms with Crippen LogP contribution in [-0.4, -0.2) is 82.6 Å². The van der Waals surface area contributed by atoms with Crippen LogP contribution in [-0.2, 0) is 11.3 Å². The number of rotatable bonds is 7. The second-order valence-electron chi connectivity index (χ2n) is 11.9. The van der Waals surface area contributed by atoms with Gasteiger partial charge in [0.2, 0.25) is 5.91 Å². The molecule has 8 nitrogen and oxygen atoms in total. The molecule has 1 atom stereocenters. The molecule has 1 fully saturated rings. The number of H-pyrrole nitrogens is 1. The molecule has 2 amide bonds. The fraction of sp³-hybridized carbons (Fsp3) is 0.364. The second-order valence-corrected chi connectivity index (χ2v) is 11.9. The van der Waals surface area contributed by atoms with E-state index in [0.29, 0.717) is 25.1 Å². The lowest BCUT2D eigenvalue weighted by molar-refractivity contribution is -0.131. The molecule has 4 heterocycles. The molecular formula is C33H33F5N6O2. The summed E-state index contributed by atoms with van der Waals surface area (Å²) in [6.07, 6.45) is 5.70. The number of hydrogen-bond donors (Lipinski definition) is 2. The van der Waals surface area contributed by atoms with Gasteiger partial charge in [0.25, 0.3) is 11.8 Å². The summed E-state index contributed by atoms with van der Waals surface area (Å²) in [5.41, 5.74) is -0.192. The van der Waals surface area contributed by atoms with Gasteiger partial charge in [-0.1, -0.05) is 6.08 Å². The van der Waals surface area contributed by atoms with E-state index in [0.717, 1.165) is 12.1 Å². The highest BCUT2D eigenvalue weighted by atomic mass is 19.3. The number of fused-ring (bicyclic) bond motifs is 1. The van der Waals surface area contributed by atoms with Gasteiger partial charge in [0.15, 0.2) is 5.82 Å². The molecule has 2 aliphatic heterocycles. The summed E-state index contributed by atoms with van der Waals surface area (Å²) in [5.74, 6) is -8.10. The fourth-order valence-corrected chi connectivity index (χ4v) is 6.28. The standard InChI is InChI=1S/C33H33F5N6O2/c1-42(2)32(46)28-16-23-21(22-14-27(35)24(15-26(22)34)25-6-9-39-18-33(25,37)38)13-20(30(36)31(23)41-28)19-5-3-10-43(17-19)29(45)7-12-44-11-4-8-40-44/h4-5,8,11,13-16,25,39,41H,3,6-7,9-10,12,17-18H2,1-2H3/t25-/m1/s1. The Labute approximate surface area is 261 Å². The minimum atomic E-state index is -3.28. The Morgan fingerprint density at radius 2 is 1.87 bits per heavy atom. The van der Waals surface area contributed by atoms with Crippen LogP contribution in [0.3, 0.4) is 0 Å². The van der Waals surface area contributed by atoms with Crippen LogP contribution in [0, 0.1) is 17.5 Å². The molecule has 242 valence electrons. The molecule has 13 heteroatoms. The van der Waals surface area contributed by atoms with Crippen molar-refractivity contribution >= 4 is 28.3 Å². The maximum Gasteiger partial charge on any atom is 0.269 e. The molecule has 2 aromatic heterocycles. The van der Waals surface area contributed by atoms with Gasteiger partial charge in [0.1, 0.15) is 17.3 Å². The summed E-state index contributed by atoms with van der Waals surface area (Å²) in [4.78, 5) is 31.6. The van der Waals surface area contributed by atoms with E-state index < -0.39 is 47.3 Å². The fourth-order valence-electron chi connectivity index (χ4n) is 6.28. The summed E-state index contributed by atoms with van der Waals surface area (Å²) >= 11 is 0. The first kappa shape index (κ1) is 31.5. The molecule has 0 spiro atoms. The third-order valence-corrected chi connectivity index (χ3v) is 8.68. The number of carbonyl (C=O) groups excluding carboxylic acids is 2. The Balaban J connectivity index is 1.42. The van der Waals surface area contributed by atoms with Gasteiger partial charge in [-0.25, -0.2) is 22.0 Å². The summed E-state index contributed by atoms with van der Waals surface area (Å²) in [6.45, 7) is 0.456. The molecule has 0 saturated carbocycles. The number of aromatic amines is 1. The van der Waals surface area contributed by atoms with Crippen molar-refractivity contribution in [3.05, 3.63) is 83.1 Å². The molecule has 46 heavy (non-hydrogen) atoms. The van der Waals surface area contributed by atoms with E-state index in [1.165, 1.54) is 31.1 Å². The van der Waals surface area contributed by atoms with E-state index in [4.69, 9.17) is 0 Å². The number of benzene rings is 2. The Morgan fingerprint density at radius 3 is 2.59 bits per heavy atom. The van der Waals surface area contributed by atoms with E-state index in [1.54, 1.807) is 34.1 Å². The lowest BCUT2D eigenvalue weighted by atomic mass is 9.85. The van der Waals surface area contributed by atoms with Crippen LogP contribution in [0.5, 0.6) is 0 Å². The predicted molar refractivity (Wildman–Crippen MR) is 163 cm³/mol. The quantitative estimate of drug-likeness (QED) is 0.259. The van der Waals surface area contributed by atoms with Gasteiger partial charge in [0, 0.05) is 69.1 Å². The number of amides is 2. The van der Waals surface area contributed by atoms with E-state index in [9.17, 15) is 18.4 Å². The summed E-state index contributed by atoms with van der Waals surface area (Å²) in [6, 6.07) is 6.15. The van der Waals surface area contributed by atoms with Gasteiger partial charge in [-0.3, -0.25) is 14.3 Å². The largest absolute Gasteiger partial charge is 0.348 e. The third-order valence-electron chi connectivity index (χ3n) is 8.68. The lowest BCUT2D eigenvalue weighted by Gasteiger charge is -2.32. The number of carbonyl (C=O) groups is 2. The zero-order valence-electron chi connectivity index (χ0n) is 25.3. The van der Waals surface area contributed by atoms with Crippen molar-refractivity contribution in [3.8, 4) is 11.1 Å². The summed E-state index contributed by atoms with van der Waals surface area (Å²) in [7, 11) is 3.04. The summed E-state index contributed by atoms with van der Waals surface area (Å²) in [5, 5.41) is 6.81. The number of nitrogens with zero attached hydrogens (tertiary/aromatic N) is 4. The van der Waals surface area contributed by atoms with Crippen LogP contribution in [0.15, 0.2) is 48.8 Å². The van der Waals surface area contributed by atoms with Gasteiger partial charge >= 0.3 is 0 Å². The van der Waals surface area contributed by atoms with E-state index in [2.05, 4.69) is 15.4 Å². The Bertz CT molecular complexity index is 1830. The van der Waals surface area contributed by atoms with Crippen molar-refractivity contribution in [2.24, 2.45) is 0 Å². The molecule has 0 bridgehead atoms. The van der Waals surface area contributed by atoms with Crippen LogP contribution >= 0.6 is 0 Å². The maximum atomic E-state index is 16.3. The van der Waals surface area contributed by atoms with Crippen molar-refractivity contribution in [2.75, 3.05) is 40.3 Å². The first-order valence-electron chi connectivity index (χ1n) is 15.0. The molecule has 0 radical (unpaired) electrons. The smallest absolute Gasteiger partial charge is 0.269 e. The molecule has 0 aliphatic carbocycles. The molecule has 2 aliphatic rings. The monoisotopic (exact) mass is 640 g/mol. The number of hydrogen-bond acceptors (Lipinski definition) is 4. The second kappa shape index (κ2) is 12.3. The van der Waals surface area contributed by atoms with Crippen molar-refractivity contribution in [1.82, 2.24) is 29.9 Å². The number of nitrogens with one attached hydrogen (secondary N) is 2. The summed E-state index contributed by atoms with van der Waals surface area (Å²) < 4.78 is 78.8. The average Bonchev–Trinajstić information content (AvgIpc) is 3.72. The van der Waals surface area contributed by atoms with Crippen LogP contribution in [0.4, 0.5) is 22.0 Å². The minimum Gasteiger partial charge on any atom is -0.348 e. The van der Waals surface area contributed by atoms with E-state index >= 15 is 13.2 Å². The normalized spacial score (nSPS) is 18.1. The van der Waals surface area contributed by atoms with Gasteiger partial charge < -0.3 is 20.1 Å². The number of piperidine rings is 1. The Hall–Kier alpha value is -4.52. The lowest BCUT2D eigenvalue weighted by Crippen LogP contribution is -2.44. The van der Waals surface area contributed by atoms with Crippen LogP contribution in [0.2, 0.25) is 0 Å². The molecule has 0 unspecified atom stereocenters. The zero-order valence-corrected chi connectivity index (χ0v) is 25.3.